The van der Waals surface area contributed by atoms with Crippen molar-refractivity contribution in [1.29, 1.82) is 0 Å². The highest BCUT2D eigenvalue weighted by atomic mass is 16.2. The number of fused-ring (bicyclic) bond motifs is 1. The topological polar surface area (TPSA) is 49.7 Å². The molecular formula is C22H18N2O2. The van der Waals surface area contributed by atoms with Crippen molar-refractivity contribution in [3.63, 3.8) is 0 Å². The average molecular weight is 342 g/mol. The van der Waals surface area contributed by atoms with Crippen LogP contribution in [0.2, 0.25) is 0 Å². The molecule has 2 amide bonds. The lowest BCUT2D eigenvalue weighted by molar-refractivity contribution is -0.140. The van der Waals surface area contributed by atoms with Gasteiger partial charge in [0.1, 0.15) is 0 Å². The van der Waals surface area contributed by atoms with E-state index >= 15 is 0 Å². The second-order valence-corrected chi connectivity index (χ2v) is 7.96. The number of allylic oxidation sites excluding steroid dienone is 2. The number of rotatable bonds is 2. The molecule has 5 aliphatic rings. The summed E-state index contributed by atoms with van der Waals surface area (Å²) in [5, 5.41) is 7.68. The number of hydrogen-bond donors (Lipinski definition) is 0. The largest absolute Gasteiger partial charge is 0.272 e. The molecule has 0 spiro atoms. The van der Waals surface area contributed by atoms with Gasteiger partial charge in [0.2, 0.25) is 0 Å². The van der Waals surface area contributed by atoms with E-state index in [-0.39, 0.29) is 35.5 Å². The van der Waals surface area contributed by atoms with Crippen molar-refractivity contribution in [2.24, 2.45) is 40.6 Å². The molecular weight excluding hydrogens is 324 g/mol. The van der Waals surface area contributed by atoms with Gasteiger partial charge in [-0.2, -0.15) is 10.1 Å². The number of hydrogen-bond acceptors (Lipinski definition) is 3. The van der Waals surface area contributed by atoms with Crippen LogP contribution in [-0.4, -0.2) is 23.0 Å². The number of carbonyl (C=O) groups is 2. The molecule has 0 N–H and O–H groups in total. The summed E-state index contributed by atoms with van der Waals surface area (Å²) in [5.74, 6) is 1.11. The molecule has 1 saturated heterocycles. The molecule has 0 aromatic heterocycles. The van der Waals surface area contributed by atoms with E-state index in [4.69, 9.17) is 0 Å². The van der Waals surface area contributed by atoms with Crippen molar-refractivity contribution in [3.05, 3.63) is 60.2 Å². The van der Waals surface area contributed by atoms with Crippen LogP contribution in [0.5, 0.6) is 0 Å². The summed E-state index contributed by atoms with van der Waals surface area (Å²) in [6.07, 6.45) is 7.20. The van der Waals surface area contributed by atoms with Crippen LogP contribution in [0.1, 0.15) is 12.0 Å². The standard InChI is InChI=1S/C22H18N2O2/c25-21-19-15-8-9-16(18-10-17(15)18)20(19)22(26)24(21)23-11-13-6-3-5-12-4-1-2-7-14(12)13/h1-9,11,15-20H,10H2/b23-11-/t15-,16-,17-,18+,19+,20+/m0/s1. The Morgan fingerprint density at radius 3 is 2.27 bits per heavy atom. The highest BCUT2D eigenvalue weighted by Gasteiger charge is 2.67. The third-order valence-electron chi connectivity index (χ3n) is 6.78. The van der Waals surface area contributed by atoms with Gasteiger partial charge < -0.3 is 0 Å². The number of amides is 2. The normalized spacial score (nSPS) is 36.8. The Hall–Kier alpha value is -2.75. The highest BCUT2D eigenvalue weighted by Crippen LogP contribution is 2.65. The second-order valence-electron chi connectivity index (χ2n) is 7.96. The molecule has 2 aromatic rings. The van der Waals surface area contributed by atoms with Gasteiger partial charge in [0, 0.05) is 5.56 Å². The molecule has 26 heavy (non-hydrogen) atoms. The van der Waals surface area contributed by atoms with Gasteiger partial charge in [0.15, 0.2) is 0 Å². The smallest absolute Gasteiger partial charge is 0.254 e. The Balaban J connectivity index is 1.36. The average Bonchev–Trinajstić information content (AvgIpc) is 3.45. The monoisotopic (exact) mass is 342 g/mol. The van der Waals surface area contributed by atoms with Gasteiger partial charge in [-0.3, -0.25) is 9.59 Å². The lowest BCUT2D eigenvalue weighted by Crippen LogP contribution is -2.40. The summed E-state index contributed by atoms with van der Waals surface area (Å²) in [5.41, 5.74) is 0.919. The molecule has 128 valence electrons. The third-order valence-corrected chi connectivity index (χ3v) is 6.78. The fourth-order valence-electron chi connectivity index (χ4n) is 5.54. The zero-order valence-corrected chi connectivity index (χ0v) is 14.2. The van der Waals surface area contributed by atoms with E-state index in [2.05, 4.69) is 17.3 Å². The molecule has 4 heteroatoms. The molecule has 4 nitrogen and oxygen atoms in total. The van der Waals surface area contributed by atoms with E-state index in [1.807, 2.05) is 42.5 Å². The van der Waals surface area contributed by atoms with Crippen LogP contribution in [0, 0.1) is 35.5 Å². The summed E-state index contributed by atoms with van der Waals surface area (Å²) < 4.78 is 0. The Morgan fingerprint density at radius 2 is 1.54 bits per heavy atom. The van der Waals surface area contributed by atoms with Crippen molar-refractivity contribution in [2.75, 3.05) is 0 Å². The van der Waals surface area contributed by atoms with Crippen LogP contribution in [-0.2, 0) is 9.59 Å². The van der Waals surface area contributed by atoms with Gasteiger partial charge in [0.05, 0.1) is 18.1 Å². The van der Waals surface area contributed by atoms with Crippen molar-refractivity contribution >= 4 is 28.8 Å². The maximum Gasteiger partial charge on any atom is 0.254 e. The Morgan fingerprint density at radius 1 is 0.885 bits per heavy atom. The van der Waals surface area contributed by atoms with Crippen LogP contribution in [0.25, 0.3) is 10.8 Å². The van der Waals surface area contributed by atoms with Gasteiger partial charge in [-0.05, 0) is 40.9 Å². The van der Waals surface area contributed by atoms with Gasteiger partial charge in [-0.15, -0.1) is 0 Å². The minimum absolute atomic E-state index is 0.110. The SMILES string of the molecule is O=C1[C@@H]2[C@H]3C=C[C@@H]([C@@H]4C[C@H]34)[C@H]2C(=O)N1/N=C\c1cccc2ccccc12. The maximum absolute atomic E-state index is 12.9. The van der Waals surface area contributed by atoms with Crippen molar-refractivity contribution in [1.82, 2.24) is 5.01 Å². The minimum Gasteiger partial charge on any atom is -0.272 e. The van der Waals surface area contributed by atoms with Crippen LogP contribution in [0.15, 0.2) is 59.7 Å². The first-order valence-corrected chi connectivity index (χ1v) is 9.32. The maximum atomic E-state index is 12.9. The van der Waals surface area contributed by atoms with Crippen molar-refractivity contribution in [3.8, 4) is 0 Å². The first-order chi connectivity index (χ1) is 12.7. The van der Waals surface area contributed by atoms with Gasteiger partial charge in [0.25, 0.3) is 11.8 Å². The van der Waals surface area contributed by atoms with Crippen LogP contribution < -0.4 is 0 Å². The van der Waals surface area contributed by atoms with Gasteiger partial charge in [-0.1, -0.05) is 54.6 Å². The molecule has 3 fully saturated rings. The predicted molar refractivity (Wildman–Crippen MR) is 98.1 cm³/mol. The molecule has 4 aliphatic carbocycles. The Kier molecular flexibility index (Phi) is 2.72. The molecule has 1 heterocycles. The van der Waals surface area contributed by atoms with E-state index in [0.717, 1.165) is 21.3 Å². The number of benzene rings is 2. The van der Waals surface area contributed by atoms with E-state index in [1.54, 1.807) is 6.21 Å². The summed E-state index contributed by atoms with van der Waals surface area (Å²) in [6.45, 7) is 0. The van der Waals surface area contributed by atoms with E-state index in [9.17, 15) is 9.59 Å². The van der Waals surface area contributed by atoms with Crippen LogP contribution in [0.3, 0.4) is 0 Å². The number of carbonyl (C=O) groups excluding carboxylic acids is 2. The van der Waals surface area contributed by atoms with E-state index in [0.29, 0.717) is 11.8 Å². The second kappa shape index (κ2) is 4.91. The number of imide groups is 1. The highest BCUT2D eigenvalue weighted by molar-refractivity contribution is 6.07. The Bertz CT molecular complexity index is 982. The van der Waals surface area contributed by atoms with Crippen molar-refractivity contribution < 1.29 is 9.59 Å². The fraction of sp³-hybridized carbons (Fsp3) is 0.318. The van der Waals surface area contributed by atoms with Crippen molar-refractivity contribution in [2.45, 2.75) is 6.42 Å². The molecule has 7 rings (SSSR count). The molecule has 0 radical (unpaired) electrons. The molecule has 0 unspecified atom stereocenters. The minimum atomic E-state index is -0.189. The summed E-state index contributed by atoms with van der Waals surface area (Å²) >= 11 is 0. The molecule has 1 aliphatic heterocycles. The number of hydrazone groups is 1. The third kappa shape index (κ3) is 1.77. The fourth-order valence-corrected chi connectivity index (χ4v) is 5.54. The molecule has 2 saturated carbocycles. The Labute approximate surface area is 151 Å². The van der Waals surface area contributed by atoms with E-state index in [1.165, 1.54) is 6.42 Å². The molecule has 2 aromatic carbocycles. The number of nitrogens with zero attached hydrogens (tertiary/aromatic N) is 2. The zero-order chi connectivity index (χ0) is 17.4. The zero-order valence-electron chi connectivity index (χ0n) is 14.2. The first-order valence-electron chi connectivity index (χ1n) is 9.32. The predicted octanol–water partition coefficient (Wildman–Crippen LogP) is 3.23. The first kappa shape index (κ1) is 14.4. The molecule has 2 bridgehead atoms. The summed E-state index contributed by atoms with van der Waals surface area (Å²) in [6, 6.07) is 14.0. The van der Waals surface area contributed by atoms with Crippen LogP contribution in [0.4, 0.5) is 0 Å². The van der Waals surface area contributed by atoms with E-state index < -0.39 is 0 Å². The molecule has 6 atom stereocenters. The quantitative estimate of drug-likeness (QED) is 0.478. The summed E-state index contributed by atoms with van der Waals surface area (Å²) in [7, 11) is 0. The lowest BCUT2D eigenvalue weighted by atomic mass is 9.63. The summed E-state index contributed by atoms with van der Waals surface area (Å²) in [4.78, 5) is 25.9. The van der Waals surface area contributed by atoms with Gasteiger partial charge >= 0.3 is 0 Å². The van der Waals surface area contributed by atoms with Gasteiger partial charge in [-0.25, -0.2) is 0 Å². The van der Waals surface area contributed by atoms with Crippen LogP contribution >= 0.6 is 0 Å². The lowest BCUT2D eigenvalue weighted by Gasteiger charge is -2.37.